The average Bonchev–Trinajstić information content (AvgIpc) is 3.23. The zero-order chi connectivity index (χ0) is 18.6. The lowest BCUT2D eigenvalue weighted by atomic mass is 9.86. The van der Waals surface area contributed by atoms with E-state index in [2.05, 4.69) is 41.9 Å². The molecule has 0 aromatic carbocycles. The summed E-state index contributed by atoms with van der Waals surface area (Å²) in [4.78, 5) is 2.21. The predicted molar refractivity (Wildman–Crippen MR) is 90.5 cm³/mol. The Bertz CT molecular complexity index is 666. The van der Waals surface area contributed by atoms with Crippen LogP contribution in [0.2, 0.25) is 0 Å². The number of terminal acetylenes is 1. The van der Waals surface area contributed by atoms with Gasteiger partial charge in [-0.1, -0.05) is 0 Å². The van der Waals surface area contributed by atoms with Gasteiger partial charge in [0.15, 0.2) is 11.5 Å². The van der Waals surface area contributed by atoms with Gasteiger partial charge in [0.2, 0.25) is 0 Å². The van der Waals surface area contributed by atoms with Crippen molar-refractivity contribution in [1.82, 2.24) is 30.4 Å². The molecule has 3 rings (SSSR count). The Morgan fingerprint density at radius 1 is 1.27 bits per heavy atom. The van der Waals surface area contributed by atoms with E-state index in [1.54, 1.807) is 0 Å². The second-order valence-electron chi connectivity index (χ2n) is 7.02. The van der Waals surface area contributed by atoms with Gasteiger partial charge in [-0.2, -0.15) is 10.2 Å². The number of hydrogen-bond donors (Lipinski definition) is 1. The lowest BCUT2D eigenvalue weighted by Crippen LogP contribution is -2.52. The smallest absolute Gasteiger partial charge is 0.258 e. The summed E-state index contributed by atoms with van der Waals surface area (Å²) >= 11 is 0. The number of tetrazole rings is 1. The normalized spacial score (nSPS) is 21.0. The fourth-order valence-electron chi connectivity index (χ4n) is 3.45. The zero-order valence-electron chi connectivity index (χ0n) is 14.9. The summed E-state index contributed by atoms with van der Waals surface area (Å²) in [6.45, 7) is 1.82. The minimum atomic E-state index is -2.50. The molecule has 3 heterocycles. The highest BCUT2D eigenvalue weighted by Crippen LogP contribution is 2.37. The van der Waals surface area contributed by atoms with E-state index < -0.39 is 18.5 Å². The largest absolute Gasteiger partial charge is 0.306 e. The molecule has 0 bridgehead atoms. The summed E-state index contributed by atoms with van der Waals surface area (Å²) in [5.41, 5.74) is -0.895. The van der Waals surface area contributed by atoms with E-state index in [1.165, 1.54) is 4.68 Å². The molecule has 0 atom stereocenters. The molecule has 1 saturated heterocycles. The van der Waals surface area contributed by atoms with Crippen molar-refractivity contribution in [2.24, 2.45) is 10.2 Å². The van der Waals surface area contributed by atoms with Crippen LogP contribution in [0.4, 0.5) is 8.78 Å². The maximum Gasteiger partial charge on any atom is 0.258 e. The monoisotopic (exact) mass is 366 g/mol. The first kappa shape index (κ1) is 18.8. The Labute approximate surface area is 151 Å². The number of alkyl halides is 2. The van der Waals surface area contributed by atoms with Gasteiger partial charge >= 0.3 is 0 Å². The second kappa shape index (κ2) is 7.72. The molecule has 0 amide bonds. The van der Waals surface area contributed by atoms with E-state index in [4.69, 9.17) is 6.42 Å². The molecule has 26 heavy (non-hydrogen) atoms. The second-order valence-corrected chi connectivity index (χ2v) is 7.02. The van der Waals surface area contributed by atoms with Crippen LogP contribution in [0.3, 0.4) is 0 Å². The molecular weight excluding hydrogens is 342 g/mol. The molecule has 10 heteroatoms. The Morgan fingerprint density at radius 2 is 2.00 bits per heavy atom. The van der Waals surface area contributed by atoms with Crippen molar-refractivity contribution in [3.05, 3.63) is 5.82 Å². The highest BCUT2D eigenvalue weighted by molar-refractivity contribution is 5.08. The number of halogens is 2. The molecule has 1 aromatic heterocycles. The molecule has 1 N–H and O–H groups in total. The molecule has 1 aromatic rings. The van der Waals surface area contributed by atoms with Gasteiger partial charge in [-0.3, -0.25) is 0 Å². The van der Waals surface area contributed by atoms with Crippen molar-refractivity contribution in [2.75, 3.05) is 26.7 Å². The maximum atomic E-state index is 12.9. The minimum absolute atomic E-state index is 0.374. The Balaban J connectivity index is 1.69. The van der Waals surface area contributed by atoms with Crippen LogP contribution in [-0.4, -0.2) is 63.9 Å². The van der Waals surface area contributed by atoms with Gasteiger partial charge in [0.05, 0.1) is 5.54 Å². The minimum Gasteiger partial charge on any atom is -0.306 e. The number of likely N-dealkylation sites (tertiary alicyclic amines) is 1. The van der Waals surface area contributed by atoms with Crippen molar-refractivity contribution in [3.63, 3.8) is 0 Å². The SMILES string of the molecule is C#CCCC1(CCNC2(c3nnnn3CC(F)F)CCN(C)CC2)N=N1. The molecule has 142 valence electrons. The van der Waals surface area contributed by atoms with Gasteiger partial charge in [0.1, 0.15) is 6.54 Å². The van der Waals surface area contributed by atoms with Crippen molar-refractivity contribution in [2.45, 2.75) is 56.3 Å². The highest BCUT2D eigenvalue weighted by atomic mass is 19.3. The summed E-state index contributed by atoms with van der Waals surface area (Å²) in [7, 11) is 2.04. The first-order chi connectivity index (χ1) is 12.5. The van der Waals surface area contributed by atoms with E-state index >= 15 is 0 Å². The third kappa shape index (κ3) is 4.22. The molecule has 2 aliphatic rings. The molecule has 0 saturated carbocycles. The van der Waals surface area contributed by atoms with Gasteiger partial charge in [-0.25, -0.2) is 13.5 Å². The third-order valence-corrected chi connectivity index (χ3v) is 5.15. The summed E-state index contributed by atoms with van der Waals surface area (Å²) in [6, 6.07) is 0. The van der Waals surface area contributed by atoms with E-state index in [-0.39, 0.29) is 5.66 Å². The quantitative estimate of drug-likeness (QED) is 0.668. The van der Waals surface area contributed by atoms with Crippen LogP contribution in [0.25, 0.3) is 0 Å². The topological polar surface area (TPSA) is 83.6 Å². The van der Waals surface area contributed by atoms with Gasteiger partial charge in [-0.05, 0) is 30.3 Å². The molecule has 0 unspecified atom stereocenters. The number of nitrogens with zero attached hydrogens (tertiary/aromatic N) is 7. The lowest BCUT2D eigenvalue weighted by Gasteiger charge is -2.40. The first-order valence-electron chi connectivity index (χ1n) is 8.85. The molecular formula is C16H24F2N8. The van der Waals surface area contributed by atoms with Crippen LogP contribution < -0.4 is 5.32 Å². The van der Waals surface area contributed by atoms with Crippen LogP contribution >= 0.6 is 0 Å². The van der Waals surface area contributed by atoms with Gasteiger partial charge in [0, 0.05) is 38.9 Å². The number of aromatic nitrogens is 4. The van der Waals surface area contributed by atoms with Crippen LogP contribution in [-0.2, 0) is 12.1 Å². The summed E-state index contributed by atoms with van der Waals surface area (Å²) in [5.74, 6) is 3.10. The third-order valence-electron chi connectivity index (χ3n) is 5.15. The lowest BCUT2D eigenvalue weighted by molar-refractivity contribution is 0.106. The number of hydrogen-bond acceptors (Lipinski definition) is 7. The fraction of sp³-hybridized carbons (Fsp3) is 0.812. The molecule has 2 aliphatic heterocycles. The standard InChI is InChI=1S/C16H24F2N8/c1-3-4-5-16(21-22-16)6-9-19-15(7-10-25(2)11-8-15)14-20-23-24-26(14)12-13(17)18/h1,13,19H,4-12H2,2H3. The molecule has 8 nitrogen and oxygen atoms in total. The van der Waals surface area contributed by atoms with Crippen molar-refractivity contribution >= 4 is 0 Å². The summed E-state index contributed by atoms with van der Waals surface area (Å²) in [6.07, 6.45) is 6.42. The van der Waals surface area contributed by atoms with Gasteiger partial charge in [-0.15, -0.1) is 17.4 Å². The number of nitrogens with one attached hydrogen (secondary N) is 1. The average molecular weight is 366 g/mol. The highest BCUT2D eigenvalue weighted by Gasteiger charge is 2.43. The van der Waals surface area contributed by atoms with Crippen LogP contribution in [0.5, 0.6) is 0 Å². The number of rotatable bonds is 9. The van der Waals surface area contributed by atoms with E-state index in [0.717, 1.165) is 38.8 Å². The Kier molecular flexibility index (Phi) is 5.58. The summed E-state index contributed by atoms with van der Waals surface area (Å²) < 4.78 is 27.0. The van der Waals surface area contributed by atoms with Crippen molar-refractivity contribution in [3.8, 4) is 12.3 Å². The Morgan fingerprint density at radius 3 is 2.62 bits per heavy atom. The van der Waals surface area contributed by atoms with Gasteiger partial charge < -0.3 is 10.2 Å². The van der Waals surface area contributed by atoms with Crippen molar-refractivity contribution < 1.29 is 8.78 Å². The summed E-state index contributed by atoms with van der Waals surface area (Å²) in [5, 5.41) is 23.3. The molecule has 0 aliphatic carbocycles. The predicted octanol–water partition coefficient (Wildman–Crippen LogP) is 1.41. The van der Waals surface area contributed by atoms with Crippen LogP contribution in [0.1, 0.15) is 37.9 Å². The molecule has 0 radical (unpaired) electrons. The Hall–Kier alpha value is -1.99. The molecule has 0 spiro atoms. The van der Waals surface area contributed by atoms with Crippen LogP contribution in [0.15, 0.2) is 10.2 Å². The van der Waals surface area contributed by atoms with Crippen molar-refractivity contribution in [1.29, 1.82) is 0 Å². The fourth-order valence-corrected chi connectivity index (χ4v) is 3.45. The van der Waals surface area contributed by atoms with E-state index in [9.17, 15) is 8.78 Å². The van der Waals surface area contributed by atoms with Crippen LogP contribution in [0, 0.1) is 12.3 Å². The molecule has 1 fully saturated rings. The van der Waals surface area contributed by atoms with E-state index in [0.29, 0.717) is 18.8 Å². The van der Waals surface area contributed by atoms with Gasteiger partial charge in [0.25, 0.3) is 6.43 Å². The zero-order valence-corrected chi connectivity index (χ0v) is 14.9. The maximum absolute atomic E-state index is 12.9. The number of piperidine rings is 1. The van der Waals surface area contributed by atoms with E-state index in [1.807, 2.05) is 7.05 Å². The first-order valence-corrected chi connectivity index (χ1v) is 8.85.